The van der Waals surface area contributed by atoms with Crippen LogP contribution in [0, 0.1) is 0 Å². The van der Waals surface area contributed by atoms with Crippen molar-refractivity contribution in [3.63, 3.8) is 0 Å². The number of carbonyl (C=O) groups excluding carboxylic acids is 1. The van der Waals surface area contributed by atoms with E-state index in [4.69, 9.17) is 10.8 Å². The minimum Gasteiger partial charge on any atom is -0.480 e. The summed E-state index contributed by atoms with van der Waals surface area (Å²) in [7, 11) is 0. The molecule has 0 aromatic carbocycles. The Balaban J connectivity index is 2.17. The van der Waals surface area contributed by atoms with Gasteiger partial charge >= 0.3 is 5.97 Å². The highest BCUT2D eigenvalue weighted by Crippen LogP contribution is 2.27. The van der Waals surface area contributed by atoms with Crippen molar-refractivity contribution < 1.29 is 19.8 Å². The summed E-state index contributed by atoms with van der Waals surface area (Å²) in [5.41, 5.74) is 6.62. The van der Waals surface area contributed by atoms with Crippen LogP contribution in [-0.2, 0) is 11.4 Å². The fraction of sp³-hybridized carbons (Fsp3) is 0.250. The molecule has 7 nitrogen and oxygen atoms in total. The van der Waals surface area contributed by atoms with Crippen molar-refractivity contribution in [2.75, 3.05) is 6.54 Å². The first kappa shape index (κ1) is 14.4. The summed E-state index contributed by atoms with van der Waals surface area (Å²) in [4.78, 5) is 27.0. The van der Waals surface area contributed by atoms with E-state index in [-0.39, 0.29) is 13.2 Å². The van der Waals surface area contributed by atoms with Crippen molar-refractivity contribution in [3.8, 4) is 0 Å². The van der Waals surface area contributed by atoms with Gasteiger partial charge in [-0.15, -0.1) is 11.3 Å². The lowest BCUT2D eigenvalue weighted by Crippen LogP contribution is -2.42. The van der Waals surface area contributed by atoms with E-state index in [0.29, 0.717) is 16.0 Å². The first-order valence-corrected chi connectivity index (χ1v) is 6.59. The molecular formula is C12H13N3O4S. The van der Waals surface area contributed by atoms with Gasteiger partial charge in [0.15, 0.2) is 0 Å². The van der Waals surface area contributed by atoms with Gasteiger partial charge in [-0.25, -0.2) is 0 Å². The first-order chi connectivity index (χ1) is 9.52. The maximum Gasteiger partial charge on any atom is 0.322 e. The van der Waals surface area contributed by atoms with Crippen molar-refractivity contribution in [2.24, 2.45) is 5.73 Å². The number of aliphatic carboxylic acids is 1. The lowest BCUT2D eigenvalue weighted by Gasteiger charge is -2.06. The molecule has 20 heavy (non-hydrogen) atoms. The second-order valence-corrected chi connectivity index (χ2v) is 5.16. The summed E-state index contributed by atoms with van der Waals surface area (Å²) in [5, 5.41) is 20.3. The van der Waals surface area contributed by atoms with E-state index >= 15 is 0 Å². The Bertz CT molecular complexity index is 655. The average molecular weight is 295 g/mol. The minimum absolute atomic E-state index is 0.134. The van der Waals surface area contributed by atoms with E-state index in [1.54, 1.807) is 18.3 Å². The Hall–Kier alpha value is -2.03. The molecule has 0 spiro atoms. The van der Waals surface area contributed by atoms with Gasteiger partial charge in [0.25, 0.3) is 5.91 Å². The number of fused-ring (bicyclic) bond motifs is 1. The molecule has 0 aliphatic heterocycles. The number of hydrogen-bond donors (Lipinski definition) is 4. The van der Waals surface area contributed by atoms with Crippen molar-refractivity contribution in [3.05, 3.63) is 28.8 Å². The van der Waals surface area contributed by atoms with Crippen molar-refractivity contribution in [1.82, 2.24) is 10.3 Å². The molecule has 0 bridgehead atoms. The van der Waals surface area contributed by atoms with Gasteiger partial charge in [-0.2, -0.15) is 0 Å². The summed E-state index contributed by atoms with van der Waals surface area (Å²) in [5.74, 6) is -1.58. The highest BCUT2D eigenvalue weighted by molar-refractivity contribution is 7.21. The predicted octanol–water partition coefficient (Wildman–Crippen LogP) is -0.0697. The van der Waals surface area contributed by atoms with Crippen molar-refractivity contribution in [1.29, 1.82) is 0 Å². The largest absolute Gasteiger partial charge is 0.480 e. The van der Waals surface area contributed by atoms with Crippen LogP contribution in [0.1, 0.15) is 15.2 Å². The third kappa shape index (κ3) is 2.93. The maximum atomic E-state index is 11.9. The Labute approximate surface area is 118 Å². The summed E-state index contributed by atoms with van der Waals surface area (Å²) >= 11 is 1.19. The third-order valence-corrected chi connectivity index (χ3v) is 3.89. The van der Waals surface area contributed by atoms with Gasteiger partial charge in [-0.1, -0.05) is 0 Å². The van der Waals surface area contributed by atoms with Crippen LogP contribution in [0.3, 0.4) is 0 Å². The van der Waals surface area contributed by atoms with E-state index < -0.39 is 17.9 Å². The van der Waals surface area contributed by atoms with Gasteiger partial charge in [-0.3, -0.25) is 14.6 Å². The van der Waals surface area contributed by atoms with Gasteiger partial charge in [-0.05, 0) is 17.7 Å². The van der Waals surface area contributed by atoms with Crippen LogP contribution in [0.4, 0.5) is 0 Å². The third-order valence-electron chi connectivity index (χ3n) is 2.69. The SMILES string of the molecule is NC(CNC(=O)c1cc2nccc(CO)c2s1)C(=O)O. The number of nitrogens with two attached hydrogens (primary N) is 1. The summed E-state index contributed by atoms with van der Waals surface area (Å²) in [6, 6.07) is 2.14. The number of carboxylic acid groups (broad SMARTS) is 1. The molecule has 0 radical (unpaired) electrons. The molecule has 0 fully saturated rings. The van der Waals surface area contributed by atoms with Gasteiger partial charge in [0.2, 0.25) is 0 Å². The summed E-state index contributed by atoms with van der Waals surface area (Å²) in [6.45, 7) is -0.285. The zero-order chi connectivity index (χ0) is 14.7. The van der Waals surface area contributed by atoms with Gasteiger partial charge in [0, 0.05) is 12.7 Å². The van der Waals surface area contributed by atoms with E-state index in [1.165, 1.54) is 11.3 Å². The molecule has 1 atom stereocenters. The lowest BCUT2D eigenvalue weighted by molar-refractivity contribution is -0.138. The van der Waals surface area contributed by atoms with Crippen LogP contribution < -0.4 is 11.1 Å². The molecule has 0 aliphatic rings. The predicted molar refractivity (Wildman–Crippen MR) is 73.5 cm³/mol. The fourth-order valence-corrected chi connectivity index (χ4v) is 2.64. The molecule has 2 heterocycles. The Morgan fingerprint density at radius 2 is 2.25 bits per heavy atom. The molecule has 0 saturated carbocycles. The standard InChI is InChI=1S/C12H13N3O4S/c13-7(12(18)19)4-15-11(17)9-3-8-10(20-9)6(5-16)1-2-14-8/h1-3,7,16H,4-5,13H2,(H,15,17)(H,18,19). The molecular weight excluding hydrogens is 282 g/mol. The van der Waals surface area contributed by atoms with Crippen LogP contribution in [0.25, 0.3) is 10.2 Å². The molecule has 2 aromatic heterocycles. The van der Waals surface area contributed by atoms with E-state index in [1.807, 2.05) is 0 Å². The number of carboxylic acids is 1. The molecule has 5 N–H and O–H groups in total. The normalized spacial score (nSPS) is 12.3. The number of thiophene rings is 1. The number of hydrogen-bond acceptors (Lipinski definition) is 6. The highest BCUT2D eigenvalue weighted by atomic mass is 32.1. The zero-order valence-electron chi connectivity index (χ0n) is 10.4. The van der Waals surface area contributed by atoms with Crippen molar-refractivity contribution >= 4 is 33.4 Å². The van der Waals surface area contributed by atoms with E-state index in [2.05, 4.69) is 10.3 Å². The number of nitrogens with zero attached hydrogens (tertiary/aromatic N) is 1. The van der Waals surface area contributed by atoms with Crippen LogP contribution in [-0.4, -0.2) is 39.7 Å². The average Bonchev–Trinajstić information content (AvgIpc) is 2.87. The van der Waals surface area contributed by atoms with Gasteiger partial charge in [0.1, 0.15) is 6.04 Å². The zero-order valence-corrected chi connectivity index (χ0v) is 11.2. The second-order valence-electron chi connectivity index (χ2n) is 4.11. The number of pyridine rings is 1. The first-order valence-electron chi connectivity index (χ1n) is 5.77. The minimum atomic E-state index is -1.18. The number of aliphatic hydroxyl groups is 1. The monoisotopic (exact) mass is 295 g/mol. The molecule has 0 saturated heterocycles. The molecule has 1 unspecified atom stereocenters. The number of amides is 1. The Morgan fingerprint density at radius 1 is 1.50 bits per heavy atom. The molecule has 0 aliphatic carbocycles. The number of nitrogens with one attached hydrogen (secondary N) is 1. The van der Waals surface area contributed by atoms with Gasteiger partial charge in [0.05, 0.1) is 21.7 Å². The number of aliphatic hydroxyl groups excluding tert-OH is 1. The number of rotatable bonds is 5. The van der Waals surface area contributed by atoms with Crippen molar-refractivity contribution in [2.45, 2.75) is 12.6 Å². The van der Waals surface area contributed by atoms with Crippen LogP contribution in [0.2, 0.25) is 0 Å². The molecule has 106 valence electrons. The Kier molecular flexibility index (Phi) is 4.28. The molecule has 2 rings (SSSR count). The fourth-order valence-electron chi connectivity index (χ4n) is 1.60. The highest BCUT2D eigenvalue weighted by Gasteiger charge is 2.16. The number of carbonyl (C=O) groups is 2. The molecule has 8 heteroatoms. The number of aromatic nitrogens is 1. The second kappa shape index (κ2) is 5.95. The van der Waals surface area contributed by atoms with Gasteiger partial charge < -0.3 is 21.3 Å². The smallest absolute Gasteiger partial charge is 0.322 e. The molecule has 2 aromatic rings. The van der Waals surface area contributed by atoms with Crippen LogP contribution in [0.15, 0.2) is 18.3 Å². The topological polar surface area (TPSA) is 126 Å². The quantitative estimate of drug-likeness (QED) is 0.612. The Morgan fingerprint density at radius 3 is 2.90 bits per heavy atom. The van der Waals surface area contributed by atoms with E-state index in [9.17, 15) is 14.7 Å². The summed E-state index contributed by atoms with van der Waals surface area (Å²) < 4.78 is 0.739. The summed E-state index contributed by atoms with van der Waals surface area (Å²) in [6.07, 6.45) is 1.56. The lowest BCUT2D eigenvalue weighted by atomic mass is 10.2. The van der Waals surface area contributed by atoms with Crippen LogP contribution >= 0.6 is 11.3 Å². The van der Waals surface area contributed by atoms with E-state index in [0.717, 1.165) is 4.70 Å². The molecule has 1 amide bonds. The van der Waals surface area contributed by atoms with Crippen LogP contribution in [0.5, 0.6) is 0 Å². The maximum absolute atomic E-state index is 11.9.